The van der Waals surface area contributed by atoms with Gasteiger partial charge in [-0.1, -0.05) is 147 Å². The Morgan fingerprint density at radius 3 is 1.24 bits per heavy atom. The smallest absolute Gasteiger partial charge is 0.0984 e. The number of allylic oxidation sites excluding steroid dienone is 2. The molecule has 0 spiro atoms. The minimum Gasteiger partial charge on any atom is -0.108 e. The van der Waals surface area contributed by atoms with Gasteiger partial charge in [0.05, 0.1) is 9.75 Å². The van der Waals surface area contributed by atoms with Crippen LogP contribution in [0.1, 0.15) is 49.9 Å². The number of alkyl halides is 2. The van der Waals surface area contributed by atoms with Crippen LogP contribution in [-0.2, 0) is 31.5 Å². The van der Waals surface area contributed by atoms with E-state index < -0.39 is 15.2 Å². The molecule has 0 N–H and O–H groups in total. The molecule has 0 aliphatic heterocycles. The Morgan fingerprint density at radius 1 is 0.457 bits per heavy atom. The predicted octanol–water partition coefficient (Wildman–Crippen LogP) is 12.8. The Labute approximate surface area is 296 Å². The number of fused-ring (bicyclic) bond motifs is 4. The second-order valence-electron chi connectivity index (χ2n) is 13.2. The van der Waals surface area contributed by atoms with Gasteiger partial charge in [-0.3, -0.25) is 0 Å². The van der Waals surface area contributed by atoms with Gasteiger partial charge in [0.25, 0.3) is 0 Å². The van der Waals surface area contributed by atoms with Crippen LogP contribution in [0.15, 0.2) is 132 Å². The van der Waals surface area contributed by atoms with Crippen LogP contribution in [0.2, 0.25) is 0 Å². The van der Waals surface area contributed by atoms with Gasteiger partial charge in [-0.15, -0.1) is 23.2 Å². The third-order valence-corrected chi connectivity index (χ3v) is 12.6. The molecular formula is C43H34Cl2Ti. The van der Waals surface area contributed by atoms with E-state index in [1.165, 1.54) is 54.9 Å². The van der Waals surface area contributed by atoms with Crippen LogP contribution in [-0.4, -0.2) is 0 Å². The van der Waals surface area contributed by atoms with Crippen molar-refractivity contribution in [1.82, 2.24) is 0 Å². The first kappa shape index (κ1) is 31.2. The first-order chi connectivity index (χ1) is 21.7. The van der Waals surface area contributed by atoms with Gasteiger partial charge in [-0.2, -0.15) is 0 Å². The first-order valence-electron chi connectivity index (χ1n) is 15.7. The Hall–Kier alpha value is -3.39. The summed E-state index contributed by atoms with van der Waals surface area (Å²) in [4.78, 5) is -1.67. The Kier molecular flexibility index (Phi) is 7.54. The molecule has 0 bridgehead atoms. The minimum absolute atomic E-state index is 0. The summed E-state index contributed by atoms with van der Waals surface area (Å²) < 4.78 is 0. The number of hydrogen-bond acceptors (Lipinski definition) is 0. The van der Waals surface area contributed by atoms with Gasteiger partial charge < -0.3 is 0 Å². The van der Waals surface area contributed by atoms with E-state index in [0.717, 1.165) is 22.3 Å². The molecule has 0 amide bonds. The van der Waals surface area contributed by atoms with Crippen molar-refractivity contribution in [2.24, 2.45) is 5.41 Å². The molecule has 0 saturated carbocycles. The maximum Gasteiger partial charge on any atom is 0.0984 e. The van der Waals surface area contributed by atoms with Gasteiger partial charge >= 0.3 is 0 Å². The quantitative estimate of drug-likeness (QED) is 0.129. The molecule has 0 fully saturated rings. The molecule has 3 heteroatoms. The fourth-order valence-corrected chi connectivity index (χ4v) is 9.16. The number of rotatable bonds is 4. The second-order valence-corrected chi connectivity index (χ2v) is 14.3. The van der Waals surface area contributed by atoms with Gasteiger partial charge in [0.15, 0.2) is 0 Å². The van der Waals surface area contributed by atoms with E-state index in [-0.39, 0.29) is 21.7 Å². The van der Waals surface area contributed by atoms with Crippen molar-refractivity contribution in [3.8, 4) is 22.3 Å². The Balaban J connectivity index is 0.00000338. The molecule has 2 atom stereocenters. The first-order valence-corrected chi connectivity index (χ1v) is 16.4. The summed E-state index contributed by atoms with van der Waals surface area (Å²) in [5.41, 5.74) is 11.0. The Morgan fingerprint density at radius 2 is 0.804 bits per heavy atom. The third kappa shape index (κ3) is 4.10. The summed E-state index contributed by atoms with van der Waals surface area (Å²) in [5, 5.41) is 4.94. The summed E-state index contributed by atoms with van der Waals surface area (Å²) in [6, 6.07) is 43.4. The van der Waals surface area contributed by atoms with E-state index in [1.807, 2.05) is 0 Å². The average molecular weight is 670 g/mol. The van der Waals surface area contributed by atoms with Crippen LogP contribution < -0.4 is 0 Å². The molecule has 46 heavy (non-hydrogen) atoms. The summed E-state index contributed by atoms with van der Waals surface area (Å²) in [5.74, 6) is 0. The molecular weight excluding hydrogens is 635 g/mol. The van der Waals surface area contributed by atoms with Crippen molar-refractivity contribution in [2.45, 2.75) is 37.4 Å². The molecule has 0 radical (unpaired) electrons. The van der Waals surface area contributed by atoms with Crippen molar-refractivity contribution >= 4 is 56.9 Å². The summed E-state index contributed by atoms with van der Waals surface area (Å²) >= 11 is 16.2. The van der Waals surface area contributed by atoms with Crippen LogP contribution in [0.4, 0.5) is 0 Å². The van der Waals surface area contributed by atoms with Crippen molar-refractivity contribution < 1.29 is 21.7 Å². The molecule has 0 nitrogen and oxygen atoms in total. The molecule has 0 aromatic heterocycles. The van der Waals surface area contributed by atoms with Crippen LogP contribution in [0, 0.1) is 5.41 Å². The fraction of sp³-hybridized carbons (Fsp3) is 0.163. The van der Waals surface area contributed by atoms with Gasteiger partial charge in [-0.05, 0) is 91.0 Å². The number of benzene rings is 6. The molecule has 0 heterocycles. The zero-order valence-corrected chi connectivity index (χ0v) is 29.5. The molecule has 8 rings (SSSR count). The molecule has 2 aliphatic carbocycles. The molecule has 6 aromatic rings. The number of hydrogen-bond donors (Lipinski definition) is 0. The van der Waals surface area contributed by atoms with Crippen LogP contribution in [0.3, 0.4) is 0 Å². The summed E-state index contributed by atoms with van der Waals surface area (Å²) in [6.07, 6.45) is 4.59. The largest absolute Gasteiger partial charge is 0.108 e. The standard InChI is InChI=1S/C43H34Cl2.Ti/c1-27-25-37-35(33-19-9-15-29-13-5-7-17-31(29)33)21-11-23-39(37)42(27,44)41(3,4)43(45)28(2)26-38-36(22-12-24-40(38)43)34-20-10-16-30-14-6-8-18-32(30)34;/h5-26H,1-4H3;. The van der Waals surface area contributed by atoms with E-state index >= 15 is 0 Å². The molecule has 2 aliphatic rings. The number of halogens is 2. The average Bonchev–Trinajstić information content (AvgIpc) is 3.50. The SMILES string of the molecule is CC1=Cc2c(-c3cccc4ccccc34)cccc2C1(Cl)C(C)(C)C1(Cl)C(C)=Cc2c(-c3cccc4ccccc34)cccc21.[Ti]. The summed E-state index contributed by atoms with van der Waals surface area (Å²) in [7, 11) is 0. The molecule has 224 valence electrons. The topological polar surface area (TPSA) is 0 Å². The van der Waals surface area contributed by atoms with Crippen molar-refractivity contribution in [1.29, 1.82) is 0 Å². The van der Waals surface area contributed by atoms with E-state index in [2.05, 4.69) is 161 Å². The second kappa shape index (κ2) is 11.1. The normalized spacial score (nSPS) is 20.2. The van der Waals surface area contributed by atoms with Gasteiger partial charge in [0.2, 0.25) is 0 Å². The molecule has 6 aromatic carbocycles. The van der Waals surface area contributed by atoms with E-state index in [9.17, 15) is 0 Å². The summed E-state index contributed by atoms with van der Waals surface area (Å²) in [6.45, 7) is 8.84. The zero-order chi connectivity index (χ0) is 31.1. The molecule has 2 unspecified atom stereocenters. The van der Waals surface area contributed by atoms with E-state index in [0.29, 0.717) is 0 Å². The van der Waals surface area contributed by atoms with E-state index in [1.54, 1.807) is 0 Å². The van der Waals surface area contributed by atoms with Crippen molar-refractivity contribution in [3.05, 3.63) is 155 Å². The van der Waals surface area contributed by atoms with Crippen molar-refractivity contribution in [3.63, 3.8) is 0 Å². The monoisotopic (exact) mass is 668 g/mol. The minimum atomic E-state index is -0.836. The molecule has 0 saturated heterocycles. The van der Waals surface area contributed by atoms with E-state index in [4.69, 9.17) is 23.2 Å². The van der Waals surface area contributed by atoms with Gasteiger partial charge in [-0.25, -0.2) is 0 Å². The van der Waals surface area contributed by atoms with Gasteiger partial charge in [0, 0.05) is 27.1 Å². The zero-order valence-electron chi connectivity index (χ0n) is 26.5. The fourth-order valence-electron chi connectivity index (χ4n) is 8.39. The van der Waals surface area contributed by atoms with Crippen LogP contribution in [0.25, 0.3) is 56.0 Å². The third-order valence-electron chi connectivity index (χ3n) is 10.6. The Bertz CT molecular complexity index is 2090. The van der Waals surface area contributed by atoms with Crippen molar-refractivity contribution in [2.75, 3.05) is 0 Å². The van der Waals surface area contributed by atoms with Crippen LogP contribution in [0.5, 0.6) is 0 Å². The maximum atomic E-state index is 8.08. The van der Waals surface area contributed by atoms with Crippen LogP contribution >= 0.6 is 23.2 Å². The van der Waals surface area contributed by atoms with Gasteiger partial charge in [0.1, 0.15) is 0 Å². The maximum absolute atomic E-state index is 8.08. The predicted molar refractivity (Wildman–Crippen MR) is 195 cm³/mol.